The maximum absolute atomic E-state index is 13.2. The SMILES string of the molecule is COC(=O)C(Cc1ccc(Cl)cc1)NC(=O)C(Cc1ccccc1)NC(=O)OCc1ccccc1. The predicted octanol–water partition coefficient (Wildman–Crippen LogP) is 4.08. The summed E-state index contributed by atoms with van der Waals surface area (Å²) in [6.45, 7) is 0.0632. The minimum atomic E-state index is -0.974. The van der Waals surface area contributed by atoms with Crippen molar-refractivity contribution in [3.8, 4) is 0 Å². The Bertz CT molecular complexity index is 1110. The monoisotopic (exact) mass is 494 g/mol. The molecule has 182 valence electrons. The van der Waals surface area contributed by atoms with Crippen LogP contribution in [-0.2, 0) is 38.5 Å². The number of benzene rings is 3. The van der Waals surface area contributed by atoms with Crippen LogP contribution in [0.15, 0.2) is 84.9 Å². The van der Waals surface area contributed by atoms with Crippen molar-refractivity contribution in [2.24, 2.45) is 0 Å². The number of hydrogen-bond acceptors (Lipinski definition) is 5. The van der Waals surface area contributed by atoms with Crippen LogP contribution in [0.2, 0.25) is 5.02 Å². The molecule has 2 N–H and O–H groups in total. The molecular weight excluding hydrogens is 468 g/mol. The van der Waals surface area contributed by atoms with Gasteiger partial charge in [0.25, 0.3) is 0 Å². The van der Waals surface area contributed by atoms with Gasteiger partial charge in [-0.2, -0.15) is 0 Å². The molecule has 0 bridgehead atoms. The number of methoxy groups -OCH3 is 1. The molecule has 3 rings (SSSR count). The molecule has 0 saturated carbocycles. The lowest BCUT2D eigenvalue weighted by Crippen LogP contribution is -2.53. The molecule has 3 aromatic carbocycles. The van der Waals surface area contributed by atoms with E-state index in [0.717, 1.165) is 16.7 Å². The van der Waals surface area contributed by atoms with Gasteiger partial charge in [-0.3, -0.25) is 4.79 Å². The van der Waals surface area contributed by atoms with Crippen LogP contribution < -0.4 is 10.6 Å². The van der Waals surface area contributed by atoms with Crippen LogP contribution in [-0.4, -0.2) is 37.2 Å². The molecule has 0 aliphatic rings. The molecule has 3 aromatic rings. The van der Waals surface area contributed by atoms with Crippen molar-refractivity contribution in [2.75, 3.05) is 7.11 Å². The van der Waals surface area contributed by atoms with E-state index in [0.29, 0.717) is 5.02 Å². The number of halogens is 1. The van der Waals surface area contributed by atoms with E-state index in [1.807, 2.05) is 60.7 Å². The zero-order valence-corrected chi connectivity index (χ0v) is 20.0. The topological polar surface area (TPSA) is 93.7 Å². The fourth-order valence-electron chi connectivity index (χ4n) is 3.43. The number of rotatable bonds is 10. The summed E-state index contributed by atoms with van der Waals surface area (Å²) >= 11 is 5.94. The Kier molecular flexibility index (Phi) is 9.69. The van der Waals surface area contributed by atoms with Gasteiger partial charge in [-0.25, -0.2) is 9.59 Å². The fraction of sp³-hybridized carbons (Fsp3) is 0.222. The molecule has 0 spiro atoms. The average molecular weight is 495 g/mol. The molecule has 0 aromatic heterocycles. The highest BCUT2D eigenvalue weighted by molar-refractivity contribution is 6.30. The molecule has 8 heteroatoms. The molecule has 0 radical (unpaired) electrons. The van der Waals surface area contributed by atoms with E-state index in [1.165, 1.54) is 7.11 Å². The van der Waals surface area contributed by atoms with E-state index in [1.54, 1.807) is 24.3 Å². The number of hydrogen-bond donors (Lipinski definition) is 2. The Hall–Kier alpha value is -3.84. The molecule has 2 atom stereocenters. The third-order valence-corrected chi connectivity index (χ3v) is 5.51. The lowest BCUT2D eigenvalue weighted by atomic mass is 10.0. The summed E-state index contributed by atoms with van der Waals surface area (Å²) in [6, 6.07) is 23.5. The highest BCUT2D eigenvalue weighted by Gasteiger charge is 2.28. The Morgan fingerprint density at radius 2 is 1.29 bits per heavy atom. The van der Waals surface area contributed by atoms with Crippen molar-refractivity contribution in [2.45, 2.75) is 31.5 Å². The first-order valence-electron chi connectivity index (χ1n) is 11.1. The number of amides is 2. The fourth-order valence-corrected chi connectivity index (χ4v) is 3.56. The van der Waals surface area contributed by atoms with E-state index in [-0.39, 0.29) is 19.4 Å². The van der Waals surface area contributed by atoms with Gasteiger partial charge in [-0.1, -0.05) is 84.4 Å². The summed E-state index contributed by atoms with van der Waals surface area (Å²) in [5, 5.41) is 5.90. The third kappa shape index (κ3) is 8.46. The summed E-state index contributed by atoms with van der Waals surface area (Å²) in [4.78, 5) is 38.1. The van der Waals surface area contributed by atoms with Crippen LogP contribution in [0.3, 0.4) is 0 Å². The molecule has 7 nitrogen and oxygen atoms in total. The number of carbonyl (C=O) groups is 3. The van der Waals surface area contributed by atoms with Crippen LogP contribution in [0, 0.1) is 0 Å². The maximum atomic E-state index is 13.2. The van der Waals surface area contributed by atoms with Gasteiger partial charge in [0, 0.05) is 17.9 Å². The molecule has 0 heterocycles. The first kappa shape index (κ1) is 25.8. The predicted molar refractivity (Wildman–Crippen MR) is 133 cm³/mol. The minimum absolute atomic E-state index is 0.0632. The Morgan fingerprint density at radius 3 is 1.89 bits per heavy atom. The van der Waals surface area contributed by atoms with Gasteiger partial charge in [0.05, 0.1) is 7.11 Å². The molecule has 0 aliphatic carbocycles. The van der Waals surface area contributed by atoms with E-state index in [9.17, 15) is 14.4 Å². The summed E-state index contributed by atoms with van der Waals surface area (Å²) in [7, 11) is 1.25. The summed E-state index contributed by atoms with van der Waals surface area (Å²) in [6.07, 6.45) is -0.328. The first-order chi connectivity index (χ1) is 16.9. The smallest absolute Gasteiger partial charge is 0.408 e. The lowest BCUT2D eigenvalue weighted by Gasteiger charge is -2.22. The van der Waals surface area contributed by atoms with Crippen molar-refractivity contribution in [1.29, 1.82) is 0 Å². The van der Waals surface area contributed by atoms with Gasteiger partial charge >= 0.3 is 12.1 Å². The van der Waals surface area contributed by atoms with Crippen LogP contribution in [0.1, 0.15) is 16.7 Å². The van der Waals surface area contributed by atoms with Gasteiger partial charge in [-0.15, -0.1) is 0 Å². The summed E-state index contributed by atoms with van der Waals surface area (Å²) in [5.74, 6) is -1.13. The lowest BCUT2D eigenvalue weighted by molar-refractivity contribution is -0.145. The highest BCUT2D eigenvalue weighted by atomic mass is 35.5. The number of ether oxygens (including phenoxy) is 2. The van der Waals surface area contributed by atoms with Gasteiger partial charge in [-0.05, 0) is 28.8 Å². The number of alkyl carbamates (subject to hydrolysis) is 1. The maximum Gasteiger partial charge on any atom is 0.408 e. The van der Waals surface area contributed by atoms with Crippen molar-refractivity contribution in [1.82, 2.24) is 10.6 Å². The largest absolute Gasteiger partial charge is 0.467 e. The van der Waals surface area contributed by atoms with Crippen molar-refractivity contribution in [3.63, 3.8) is 0 Å². The van der Waals surface area contributed by atoms with Crippen molar-refractivity contribution >= 4 is 29.6 Å². The summed E-state index contributed by atoms with van der Waals surface area (Å²) in [5.41, 5.74) is 2.45. The average Bonchev–Trinajstić information content (AvgIpc) is 2.88. The second-order valence-corrected chi connectivity index (χ2v) is 8.30. The molecule has 2 unspecified atom stereocenters. The van der Waals surface area contributed by atoms with Gasteiger partial charge < -0.3 is 20.1 Å². The third-order valence-electron chi connectivity index (χ3n) is 5.26. The zero-order valence-electron chi connectivity index (χ0n) is 19.3. The molecule has 2 amide bonds. The molecular formula is C27H27ClN2O5. The second kappa shape index (κ2) is 13.2. The Morgan fingerprint density at radius 1 is 0.743 bits per heavy atom. The van der Waals surface area contributed by atoms with Gasteiger partial charge in [0.1, 0.15) is 18.7 Å². The second-order valence-electron chi connectivity index (χ2n) is 7.86. The van der Waals surface area contributed by atoms with E-state index < -0.39 is 30.1 Å². The number of esters is 1. The summed E-state index contributed by atoms with van der Waals surface area (Å²) < 4.78 is 10.2. The highest BCUT2D eigenvalue weighted by Crippen LogP contribution is 2.12. The van der Waals surface area contributed by atoms with Crippen LogP contribution in [0.5, 0.6) is 0 Å². The van der Waals surface area contributed by atoms with Gasteiger partial charge in [0.15, 0.2) is 0 Å². The molecule has 0 saturated heterocycles. The Labute approximate surface area is 209 Å². The minimum Gasteiger partial charge on any atom is -0.467 e. The molecule has 0 fully saturated rings. The van der Waals surface area contributed by atoms with Crippen LogP contribution in [0.4, 0.5) is 4.79 Å². The normalized spacial score (nSPS) is 12.2. The van der Waals surface area contributed by atoms with Crippen LogP contribution >= 0.6 is 11.6 Å². The standard InChI is InChI=1S/C27H27ClN2O5/c1-34-26(32)24(17-20-12-14-22(28)15-13-20)29-25(31)23(16-19-8-4-2-5-9-19)30-27(33)35-18-21-10-6-3-7-11-21/h2-15,23-24H,16-18H2,1H3,(H,29,31)(H,30,33). The first-order valence-corrected chi connectivity index (χ1v) is 11.5. The van der Waals surface area contributed by atoms with E-state index in [4.69, 9.17) is 21.1 Å². The molecule has 35 heavy (non-hydrogen) atoms. The Balaban J connectivity index is 1.71. The van der Waals surface area contributed by atoms with Crippen LogP contribution in [0.25, 0.3) is 0 Å². The quantitative estimate of drug-likeness (QED) is 0.414. The van der Waals surface area contributed by atoms with E-state index >= 15 is 0 Å². The zero-order chi connectivity index (χ0) is 25.0. The van der Waals surface area contributed by atoms with Crippen molar-refractivity contribution < 1.29 is 23.9 Å². The molecule has 0 aliphatic heterocycles. The van der Waals surface area contributed by atoms with Crippen molar-refractivity contribution in [3.05, 3.63) is 107 Å². The van der Waals surface area contributed by atoms with E-state index in [2.05, 4.69) is 10.6 Å². The number of carbonyl (C=O) groups excluding carboxylic acids is 3. The number of nitrogens with one attached hydrogen (secondary N) is 2. The van der Waals surface area contributed by atoms with Gasteiger partial charge in [0.2, 0.25) is 5.91 Å².